The second-order valence-corrected chi connectivity index (χ2v) is 5.16. The van der Waals surface area contributed by atoms with Crippen LogP contribution < -0.4 is 5.32 Å². The lowest BCUT2D eigenvalue weighted by molar-refractivity contribution is 0.532. The topological polar surface area (TPSA) is 12.0 Å². The molecule has 1 nitrogen and oxygen atoms in total. The minimum absolute atomic E-state index is 0.0975. The van der Waals surface area contributed by atoms with Gasteiger partial charge in [-0.15, -0.1) is 0 Å². The molecule has 0 amide bonds. The molecular formula is C16H16ClF2N. The lowest BCUT2D eigenvalue weighted by Gasteiger charge is -2.18. The van der Waals surface area contributed by atoms with Crippen molar-refractivity contribution < 1.29 is 8.78 Å². The van der Waals surface area contributed by atoms with Gasteiger partial charge in [0.15, 0.2) is 0 Å². The molecule has 0 spiro atoms. The molecule has 0 radical (unpaired) electrons. The van der Waals surface area contributed by atoms with Gasteiger partial charge >= 0.3 is 0 Å². The molecule has 0 bridgehead atoms. The van der Waals surface area contributed by atoms with Gasteiger partial charge in [0.25, 0.3) is 0 Å². The number of nitrogens with one attached hydrogen (secondary N) is 1. The van der Waals surface area contributed by atoms with Crippen LogP contribution in [0.5, 0.6) is 0 Å². The van der Waals surface area contributed by atoms with Crippen LogP contribution in [0.2, 0.25) is 5.02 Å². The highest BCUT2D eigenvalue weighted by Gasteiger charge is 2.17. The molecule has 0 saturated carbocycles. The standard InChI is InChI=1S/C16H16ClF2N/c1-10-6-7-12(14(19)8-10)15(20-2)9-11-4-3-5-13(18)16(11)17/h3-8,15,20H,9H2,1-2H3. The lowest BCUT2D eigenvalue weighted by atomic mass is 9.97. The molecule has 2 aromatic rings. The third-order valence-electron chi connectivity index (χ3n) is 3.34. The Hall–Kier alpha value is -1.45. The van der Waals surface area contributed by atoms with Gasteiger partial charge in [-0.25, -0.2) is 8.78 Å². The normalized spacial score (nSPS) is 12.4. The first-order chi connectivity index (χ1) is 9.52. The molecule has 0 aliphatic heterocycles. The molecule has 0 aliphatic carbocycles. The molecule has 1 atom stereocenters. The van der Waals surface area contributed by atoms with E-state index in [9.17, 15) is 8.78 Å². The van der Waals surface area contributed by atoms with Crippen LogP contribution in [-0.2, 0) is 6.42 Å². The maximum atomic E-state index is 14.0. The molecule has 0 saturated heterocycles. The van der Waals surface area contributed by atoms with Crippen LogP contribution in [0.1, 0.15) is 22.7 Å². The van der Waals surface area contributed by atoms with Gasteiger partial charge in [-0.3, -0.25) is 0 Å². The Bertz CT molecular complexity index is 613. The van der Waals surface area contributed by atoms with Gasteiger partial charge < -0.3 is 5.32 Å². The predicted octanol–water partition coefficient (Wildman–Crippen LogP) is 4.43. The number of aryl methyl sites for hydroxylation is 1. The fourth-order valence-electron chi connectivity index (χ4n) is 2.21. The number of benzene rings is 2. The molecule has 4 heteroatoms. The van der Waals surface area contributed by atoms with Gasteiger partial charge in [-0.05, 0) is 43.7 Å². The van der Waals surface area contributed by atoms with E-state index in [1.807, 2.05) is 13.0 Å². The molecule has 20 heavy (non-hydrogen) atoms. The smallest absolute Gasteiger partial charge is 0.142 e. The van der Waals surface area contributed by atoms with E-state index in [-0.39, 0.29) is 16.9 Å². The van der Waals surface area contributed by atoms with E-state index in [0.717, 1.165) is 5.56 Å². The van der Waals surface area contributed by atoms with Crippen molar-refractivity contribution in [2.45, 2.75) is 19.4 Å². The van der Waals surface area contributed by atoms with Gasteiger partial charge in [0.1, 0.15) is 11.6 Å². The van der Waals surface area contributed by atoms with Crippen molar-refractivity contribution in [2.75, 3.05) is 7.05 Å². The van der Waals surface area contributed by atoms with E-state index >= 15 is 0 Å². The molecule has 2 aromatic carbocycles. The summed E-state index contributed by atoms with van der Waals surface area (Å²) in [6.45, 7) is 1.84. The van der Waals surface area contributed by atoms with E-state index in [1.165, 1.54) is 12.1 Å². The monoisotopic (exact) mass is 295 g/mol. The molecule has 1 unspecified atom stereocenters. The SMILES string of the molecule is CNC(Cc1cccc(F)c1Cl)c1ccc(C)cc1F. The van der Waals surface area contributed by atoms with E-state index < -0.39 is 5.82 Å². The summed E-state index contributed by atoms with van der Waals surface area (Å²) >= 11 is 5.95. The highest BCUT2D eigenvalue weighted by molar-refractivity contribution is 6.31. The fourth-order valence-corrected chi connectivity index (χ4v) is 2.41. The second-order valence-electron chi connectivity index (χ2n) is 4.78. The van der Waals surface area contributed by atoms with E-state index in [4.69, 9.17) is 11.6 Å². The summed E-state index contributed by atoms with van der Waals surface area (Å²) in [6.07, 6.45) is 0.424. The third-order valence-corrected chi connectivity index (χ3v) is 3.76. The predicted molar refractivity (Wildman–Crippen MR) is 78.1 cm³/mol. The summed E-state index contributed by atoms with van der Waals surface area (Å²) in [5.74, 6) is -0.722. The molecule has 0 aliphatic rings. The zero-order valence-corrected chi connectivity index (χ0v) is 12.1. The largest absolute Gasteiger partial charge is 0.313 e. The first-order valence-electron chi connectivity index (χ1n) is 6.39. The molecule has 1 N–H and O–H groups in total. The summed E-state index contributed by atoms with van der Waals surface area (Å²) in [5.41, 5.74) is 2.08. The molecule has 0 fully saturated rings. The molecule has 0 aromatic heterocycles. The Morgan fingerprint density at radius 2 is 1.90 bits per heavy atom. The van der Waals surface area contributed by atoms with Crippen LogP contribution in [0.25, 0.3) is 0 Å². The van der Waals surface area contributed by atoms with Gasteiger partial charge in [-0.2, -0.15) is 0 Å². The van der Waals surface area contributed by atoms with Crippen molar-refractivity contribution in [3.63, 3.8) is 0 Å². The highest BCUT2D eigenvalue weighted by atomic mass is 35.5. The van der Waals surface area contributed by atoms with Gasteiger partial charge in [0.2, 0.25) is 0 Å². The van der Waals surface area contributed by atoms with Gasteiger partial charge in [0.05, 0.1) is 5.02 Å². The Morgan fingerprint density at radius 3 is 2.55 bits per heavy atom. The van der Waals surface area contributed by atoms with Crippen molar-refractivity contribution in [3.8, 4) is 0 Å². The molecular weight excluding hydrogens is 280 g/mol. The van der Waals surface area contributed by atoms with Crippen molar-refractivity contribution in [2.24, 2.45) is 0 Å². The number of likely N-dealkylation sites (N-methyl/N-ethyl adjacent to an activating group) is 1. The van der Waals surface area contributed by atoms with Crippen LogP contribution in [-0.4, -0.2) is 7.05 Å². The Kier molecular flexibility index (Phi) is 4.73. The van der Waals surface area contributed by atoms with Crippen LogP contribution in [0.4, 0.5) is 8.78 Å². The van der Waals surface area contributed by atoms with Crippen LogP contribution in [0.3, 0.4) is 0 Å². The van der Waals surface area contributed by atoms with E-state index in [2.05, 4.69) is 5.32 Å². The summed E-state index contributed by atoms with van der Waals surface area (Å²) in [4.78, 5) is 0. The lowest BCUT2D eigenvalue weighted by Crippen LogP contribution is -2.20. The summed E-state index contributed by atoms with van der Waals surface area (Å²) < 4.78 is 27.5. The summed E-state index contributed by atoms with van der Waals surface area (Å²) in [5, 5.41) is 3.15. The third kappa shape index (κ3) is 3.17. The van der Waals surface area contributed by atoms with Crippen LogP contribution >= 0.6 is 11.6 Å². The number of halogens is 3. The zero-order valence-electron chi connectivity index (χ0n) is 11.4. The number of hydrogen-bond acceptors (Lipinski definition) is 1. The minimum Gasteiger partial charge on any atom is -0.313 e. The van der Waals surface area contributed by atoms with Crippen LogP contribution in [0.15, 0.2) is 36.4 Å². The number of hydrogen-bond donors (Lipinski definition) is 1. The second kappa shape index (κ2) is 6.33. The van der Waals surface area contributed by atoms with Crippen molar-refractivity contribution in [1.82, 2.24) is 5.32 Å². The maximum absolute atomic E-state index is 14.0. The molecule has 0 heterocycles. The quantitative estimate of drug-likeness (QED) is 0.880. The Morgan fingerprint density at radius 1 is 1.15 bits per heavy atom. The van der Waals surface area contributed by atoms with Crippen molar-refractivity contribution in [1.29, 1.82) is 0 Å². The Balaban J connectivity index is 2.31. The van der Waals surface area contributed by atoms with E-state index in [1.54, 1.807) is 25.2 Å². The number of rotatable bonds is 4. The van der Waals surface area contributed by atoms with Crippen LogP contribution in [0, 0.1) is 18.6 Å². The Labute approximate surface area is 122 Å². The van der Waals surface area contributed by atoms with Gasteiger partial charge in [0, 0.05) is 11.6 Å². The zero-order chi connectivity index (χ0) is 14.7. The highest BCUT2D eigenvalue weighted by Crippen LogP contribution is 2.27. The average Bonchev–Trinajstić information content (AvgIpc) is 2.41. The summed E-state index contributed by atoms with van der Waals surface area (Å²) in [7, 11) is 1.75. The minimum atomic E-state index is -0.455. The molecule has 106 valence electrons. The fraction of sp³-hybridized carbons (Fsp3) is 0.250. The first kappa shape index (κ1) is 14.9. The van der Waals surface area contributed by atoms with E-state index in [0.29, 0.717) is 17.5 Å². The first-order valence-corrected chi connectivity index (χ1v) is 6.77. The summed E-state index contributed by atoms with van der Waals surface area (Å²) in [6, 6.07) is 9.51. The van der Waals surface area contributed by atoms with Crippen molar-refractivity contribution in [3.05, 3.63) is 69.7 Å². The van der Waals surface area contributed by atoms with Gasteiger partial charge in [-0.1, -0.05) is 35.9 Å². The molecule has 2 rings (SSSR count). The average molecular weight is 296 g/mol. The van der Waals surface area contributed by atoms with Crippen molar-refractivity contribution >= 4 is 11.6 Å². The maximum Gasteiger partial charge on any atom is 0.142 e.